The fourth-order valence-electron chi connectivity index (χ4n) is 3.88. The molecular formula is C25H31ClN2O3. The van der Waals surface area contributed by atoms with E-state index in [0.717, 1.165) is 36.8 Å². The van der Waals surface area contributed by atoms with Crippen LogP contribution in [0, 0.1) is 6.92 Å². The Kier molecular flexibility index (Phi) is 8.35. The molecule has 2 aromatic carbocycles. The van der Waals surface area contributed by atoms with Gasteiger partial charge in [0.05, 0.1) is 0 Å². The van der Waals surface area contributed by atoms with Crippen LogP contribution in [0.5, 0.6) is 5.75 Å². The summed E-state index contributed by atoms with van der Waals surface area (Å²) < 4.78 is 5.77. The van der Waals surface area contributed by atoms with Crippen LogP contribution in [0.25, 0.3) is 0 Å². The van der Waals surface area contributed by atoms with Crippen molar-refractivity contribution in [3.8, 4) is 5.75 Å². The Morgan fingerprint density at radius 1 is 1.10 bits per heavy atom. The van der Waals surface area contributed by atoms with E-state index in [1.165, 1.54) is 6.42 Å². The normalized spacial score (nSPS) is 15.2. The van der Waals surface area contributed by atoms with Crippen LogP contribution < -0.4 is 10.1 Å². The van der Waals surface area contributed by atoms with Gasteiger partial charge < -0.3 is 15.0 Å². The quantitative estimate of drug-likeness (QED) is 0.633. The second-order valence-corrected chi connectivity index (χ2v) is 8.66. The number of aryl methyl sites for hydroxylation is 1. The highest BCUT2D eigenvalue weighted by molar-refractivity contribution is 6.30. The molecule has 31 heavy (non-hydrogen) atoms. The Bertz CT molecular complexity index is 879. The highest BCUT2D eigenvalue weighted by atomic mass is 35.5. The summed E-state index contributed by atoms with van der Waals surface area (Å²) >= 11 is 6.00. The van der Waals surface area contributed by atoms with Crippen LogP contribution in [-0.4, -0.2) is 35.4 Å². The average molecular weight is 443 g/mol. The lowest BCUT2D eigenvalue weighted by atomic mass is 9.95. The zero-order valence-corrected chi connectivity index (χ0v) is 19.0. The molecule has 1 aliphatic carbocycles. The van der Waals surface area contributed by atoms with E-state index in [1.807, 2.05) is 43.3 Å². The first-order valence-electron chi connectivity index (χ1n) is 11.0. The molecule has 1 atom stereocenters. The number of rotatable bonds is 8. The van der Waals surface area contributed by atoms with Gasteiger partial charge in [0.2, 0.25) is 5.91 Å². The summed E-state index contributed by atoms with van der Waals surface area (Å²) in [4.78, 5) is 27.7. The van der Waals surface area contributed by atoms with E-state index in [0.29, 0.717) is 17.3 Å². The van der Waals surface area contributed by atoms with Crippen molar-refractivity contribution in [3.63, 3.8) is 0 Å². The van der Waals surface area contributed by atoms with Crippen molar-refractivity contribution in [2.75, 3.05) is 6.61 Å². The van der Waals surface area contributed by atoms with E-state index >= 15 is 0 Å². The van der Waals surface area contributed by atoms with Crippen LogP contribution in [0.4, 0.5) is 0 Å². The minimum Gasteiger partial charge on any atom is -0.484 e. The van der Waals surface area contributed by atoms with Gasteiger partial charge in [0, 0.05) is 17.6 Å². The third-order valence-electron chi connectivity index (χ3n) is 5.83. The number of ether oxygens (including phenoxy) is 1. The molecule has 0 aromatic heterocycles. The van der Waals surface area contributed by atoms with Gasteiger partial charge in [-0.05, 0) is 56.0 Å². The van der Waals surface area contributed by atoms with Crippen LogP contribution in [0.15, 0.2) is 48.5 Å². The lowest BCUT2D eigenvalue weighted by Crippen LogP contribution is -2.51. The predicted molar refractivity (Wildman–Crippen MR) is 123 cm³/mol. The third kappa shape index (κ3) is 6.73. The number of para-hydroxylation sites is 1. The summed E-state index contributed by atoms with van der Waals surface area (Å²) in [6.45, 7) is 3.90. The highest BCUT2D eigenvalue weighted by Crippen LogP contribution is 2.20. The second kappa shape index (κ2) is 11.2. The first kappa shape index (κ1) is 23.1. The van der Waals surface area contributed by atoms with Crippen LogP contribution in [0.1, 0.15) is 50.2 Å². The van der Waals surface area contributed by atoms with Gasteiger partial charge in [-0.3, -0.25) is 9.59 Å². The van der Waals surface area contributed by atoms with Crippen molar-refractivity contribution < 1.29 is 14.3 Å². The maximum Gasteiger partial charge on any atom is 0.261 e. The van der Waals surface area contributed by atoms with Gasteiger partial charge >= 0.3 is 0 Å². The number of hydrogen-bond donors (Lipinski definition) is 1. The van der Waals surface area contributed by atoms with Crippen LogP contribution >= 0.6 is 11.6 Å². The summed E-state index contributed by atoms with van der Waals surface area (Å²) in [7, 11) is 0. The minimum absolute atomic E-state index is 0.120. The van der Waals surface area contributed by atoms with Crippen molar-refractivity contribution in [1.82, 2.24) is 10.2 Å². The molecule has 5 nitrogen and oxygen atoms in total. The Morgan fingerprint density at radius 3 is 2.45 bits per heavy atom. The molecule has 0 bridgehead atoms. The number of hydrogen-bond acceptors (Lipinski definition) is 3. The highest BCUT2D eigenvalue weighted by Gasteiger charge is 2.28. The third-order valence-corrected chi connectivity index (χ3v) is 6.08. The molecule has 1 fully saturated rings. The maximum absolute atomic E-state index is 13.1. The SMILES string of the molecule is Cc1ccccc1OCC(=O)N(Cc1ccc(Cl)cc1)[C@H](C)C(=O)NC1CCCCC1. The Balaban J connectivity index is 1.70. The van der Waals surface area contributed by atoms with Gasteiger partial charge in [0.1, 0.15) is 11.8 Å². The molecule has 6 heteroatoms. The van der Waals surface area contributed by atoms with E-state index in [4.69, 9.17) is 16.3 Å². The van der Waals surface area contributed by atoms with Crippen molar-refractivity contribution in [3.05, 3.63) is 64.7 Å². The number of carbonyl (C=O) groups excluding carboxylic acids is 2. The molecule has 3 rings (SSSR count). The molecule has 0 aliphatic heterocycles. The van der Waals surface area contributed by atoms with Gasteiger partial charge in [-0.1, -0.05) is 61.2 Å². The lowest BCUT2D eigenvalue weighted by molar-refractivity contribution is -0.142. The fourth-order valence-corrected chi connectivity index (χ4v) is 4.00. The molecule has 2 aromatic rings. The summed E-state index contributed by atoms with van der Waals surface area (Å²) in [6.07, 6.45) is 5.49. The number of halogens is 1. The first-order chi connectivity index (χ1) is 14.9. The predicted octanol–water partition coefficient (Wildman–Crippen LogP) is 4.89. The average Bonchev–Trinajstić information content (AvgIpc) is 2.78. The van der Waals surface area contributed by atoms with Gasteiger partial charge in [-0.25, -0.2) is 0 Å². The first-order valence-corrected chi connectivity index (χ1v) is 11.3. The van der Waals surface area contributed by atoms with E-state index in [2.05, 4.69) is 5.32 Å². The Labute approximate surface area is 189 Å². The van der Waals surface area contributed by atoms with Gasteiger partial charge in [-0.15, -0.1) is 0 Å². The van der Waals surface area contributed by atoms with E-state index in [9.17, 15) is 9.59 Å². The minimum atomic E-state index is -0.606. The van der Waals surface area contributed by atoms with E-state index in [-0.39, 0.29) is 24.5 Å². The zero-order valence-electron chi connectivity index (χ0n) is 18.3. The smallest absolute Gasteiger partial charge is 0.261 e. The fraction of sp³-hybridized carbons (Fsp3) is 0.440. The molecule has 166 valence electrons. The second-order valence-electron chi connectivity index (χ2n) is 8.22. The molecule has 0 radical (unpaired) electrons. The van der Waals surface area contributed by atoms with Crippen LogP contribution in [0.2, 0.25) is 5.02 Å². The number of carbonyl (C=O) groups is 2. The van der Waals surface area contributed by atoms with Crippen LogP contribution in [-0.2, 0) is 16.1 Å². The van der Waals surface area contributed by atoms with Gasteiger partial charge in [0.15, 0.2) is 6.61 Å². The number of benzene rings is 2. The monoisotopic (exact) mass is 442 g/mol. The molecule has 0 heterocycles. The van der Waals surface area contributed by atoms with Crippen LogP contribution in [0.3, 0.4) is 0 Å². The molecule has 1 N–H and O–H groups in total. The van der Waals surface area contributed by atoms with Crippen molar-refractivity contribution in [1.29, 1.82) is 0 Å². The van der Waals surface area contributed by atoms with Crippen molar-refractivity contribution >= 4 is 23.4 Å². The van der Waals surface area contributed by atoms with E-state index in [1.54, 1.807) is 24.0 Å². The lowest BCUT2D eigenvalue weighted by Gasteiger charge is -2.31. The van der Waals surface area contributed by atoms with Gasteiger partial charge in [0.25, 0.3) is 5.91 Å². The molecule has 1 saturated carbocycles. The number of amides is 2. The topological polar surface area (TPSA) is 58.6 Å². The summed E-state index contributed by atoms with van der Waals surface area (Å²) in [5.74, 6) is 0.316. The van der Waals surface area contributed by atoms with E-state index < -0.39 is 6.04 Å². The summed E-state index contributed by atoms with van der Waals surface area (Å²) in [5.41, 5.74) is 1.87. The summed E-state index contributed by atoms with van der Waals surface area (Å²) in [6, 6.07) is 14.5. The molecule has 0 saturated heterocycles. The molecule has 2 amide bonds. The number of nitrogens with one attached hydrogen (secondary N) is 1. The summed E-state index contributed by atoms with van der Waals surface area (Å²) in [5, 5.41) is 3.77. The standard InChI is InChI=1S/C25H31ClN2O3/c1-18-8-6-7-11-23(18)31-17-24(29)28(16-20-12-14-21(26)15-13-20)19(2)25(30)27-22-9-4-3-5-10-22/h6-8,11-15,19,22H,3-5,9-10,16-17H2,1-2H3,(H,27,30)/t19-/m1/s1. The molecule has 1 aliphatic rings. The number of nitrogens with zero attached hydrogens (tertiary/aromatic N) is 1. The Hall–Kier alpha value is -2.53. The zero-order chi connectivity index (χ0) is 22.2. The van der Waals surface area contributed by atoms with Crippen molar-refractivity contribution in [2.45, 2.75) is 64.6 Å². The molecule has 0 spiro atoms. The van der Waals surface area contributed by atoms with Crippen molar-refractivity contribution in [2.24, 2.45) is 0 Å². The maximum atomic E-state index is 13.1. The molecule has 0 unspecified atom stereocenters. The largest absolute Gasteiger partial charge is 0.484 e. The Morgan fingerprint density at radius 2 is 1.77 bits per heavy atom. The molecular weight excluding hydrogens is 412 g/mol. The van der Waals surface area contributed by atoms with Gasteiger partial charge in [-0.2, -0.15) is 0 Å².